The Kier molecular flexibility index (Phi) is 5.15. The molecule has 7 heteroatoms. The molecule has 118 valence electrons. The molecule has 0 aliphatic carbocycles. The summed E-state index contributed by atoms with van der Waals surface area (Å²) in [4.78, 5) is 0.143. The first-order valence-electron chi connectivity index (χ1n) is 6.55. The molecule has 0 saturated carbocycles. The lowest BCUT2D eigenvalue weighted by Gasteiger charge is -2.11. The van der Waals surface area contributed by atoms with E-state index in [9.17, 15) is 8.42 Å². The van der Waals surface area contributed by atoms with E-state index < -0.39 is 10.0 Å². The zero-order valence-corrected chi connectivity index (χ0v) is 13.7. The average Bonchev–Trinajstić information content (AvgIpc) is 2.50. The standard InChI is InChI=1S/C15H16ClNO4S/c1-3-21-12-5-7-13(8-6-12)22(18,19)17-11-4-9-14(16)15(10-11)20-2/h4-10,17H,3H2,1-2H3. The number of anilines is 1. The maximum atomic E-state index is 12.3. The van der Waals surface area contributed by atoms with Crippen LogP contribution in [0.3, 0.4) is 0 Å². The molecule has 0 spiro atoms. The molecule has 0 atom stereocenters. The molecule has 0 saturated heterocycles. The quantitative estimate of drug-likeness (QED) is 0.872. The number of benzene rings is 2. The fraction of sp³-hybridized carbons (Fsp3) is 0.200. The first-order valence-corrected chi connectivity index (χ1v) is 8.41. The van der Waals surface area contributed by atoms with Gasteiger partial charge in [-0.05, 0) is 43.3 Å². The summed E-state index contributed by atoms with van der Waals surface area (Å²) in [5.74, 6) is 1.02. The van der Waals surface area contributed by atoms with Crippen molar-refractivity contribution < 1.29 is 17.9 Å². The van der Waals surface area contributed by atoms with Crippen LogP contribution in [0.4, 0.5) is 5.69 Å². The summed E-state index contributed by atoms with van der Waals surface area (Å²) in [7, 11) is -2.22. The van der Waals surface area contributed by atoms with Gasteiger partial charge in [0.15, 0.2) is 0 Å². The number of nitrogens with one attached hydrogen (secondary N) is 1. The van der Waals surface area contributed by atoms with Gasteiger partial charge in [0.1, 0.15) is 11.5 Å². The number of methoxy groups -OCH3 is 1. The molecule has 0 radical (unpaired) electrons. The van der Waals surface area contributed by atoms with Gasteiger partial charge in [0.2, 0.25) is 0 Å². The Labute approximate surface area is 134 Å². The van der Waals surface area contributed by atoms with Gasteiger partial charge in [0.25, 0.3) is 10.0 Å². The van der Waals surface area contributed by atoms with E-state index in [1.54, 1.807) is 24.3 Å². The zero-order valence-electron chi connectivity index (χ0n) is 12.2. The second kappa shape index (κ2) is 6.89. The smallest absolute Gasteiger partial charge is 0.261 e. The van der Waals surface area contributed by atoms with Crippen LogP contribution in [0.25, 0.3) is 0 Å². The van der Waals surface area contributed by atoms with Crippen LogP contribution in [0.2, 0.25) is 5.02 Å². The van der Waals surface area contributed by atoms with Crippen LogP contribution < -0.4 is 14.2 Å². The minimum absolute atomic E-state index is 0.143. The maximum Gasteiger partial charge on any atom is 0.261 e. The molecule has 5 nitrogen and oxygen atoms in total. The lowest BCUT2D eigenvalue weighted by Crippen LogP contribution is -2.13. The summed E-state index contributed by atoms with van der Waals surface area (Å²) in [5.41, 5.74) is 0.370. The molecule has 1 N–H and O–H groups in total. The van der Waals surface area contributed by atoms with Crippen LogP contribution in [0.15, 0.2) is 47.4 Å². The van der Waals surface area contributed by atoms with E-state index in [2.05, 4.69) is 4.72 Å². The summed E-state index contributed by atoms with van der Waals surface area (Å²) in [5, 5.41) is 0.409. The molecule has 2 rings (SSSR count). The van der Waals surface area contributed by atoms with Gasteiger partial charge in [-0.15, -0.1) is 0 Å². The van der Waals surface area contributed by atoms with Crippen LogP contribution in [-0.2, 0) is 10.0 Å². The fourth-order valence-corrected chi connectivity index (χ4v) is 3.06. The van der Waals surface area contributed by atoms with Crippen molar-refractivity contribution >= 4 is 27.3 Å². The van der Waals surface area contributed by atoms with Crippen LogP contribution >= 0.6 is 11.6 Å². The highest BCUT2D eigenvalue weighted by molar-refractivity contribution is 7.92. The Balaban J connectivity index is 2.23. The summed E-state index contributed by atoms with van der Waals surface area (Å²) < 4.78 is 37.5. The monoisotopic (exact) mass is 341 g/mol. The van der Waals surface area contributed by atoms with Crippen molar-refractivity contribution in [3.8, 4) is 11.5 Å². The lowest BCUT2D eigenvalue weighted by molar-refractivity contribution is 0.340. The summed E-state index contributed by atoms with van der Waals surface area (Å²) in [6.07, 6.45) is 0. The van der Waals surface area contributed by atoms with Gasteiger partial charge in [-0.3, -0.25) is 4.72 Å². The number of hydrogen-bond acceptors (Lipinski definition) is 4. The third-order valence-corrected chi connectivity index (χ3v) is 4.56. The topological polar surface area (TPSA) is 64.6 Å². The number of hydrogen-bond donors (Lipinski definition) is 1. The average molecular weight is 342 g/mol. The molecule has 0 amide bonds. The minimum atomic E-state index is -3.69. The van der Waals surface area contributed by atoms with Crippen molar-refractivity contribution in [2.75, 3.05) is 18.4 Å². The zero-order chi connectivity index (χ0) is 16.2. The normalized spacial score (nSPS) is 11.0. The summed E-state index contributed by atoms with van der Waals surface area (Å²) in [6.45, 7) is 2.38. The SMILES string of the molecule is CCOc1ccc(S(=O)(=O)Nc2ccc(Cl)c(OC)c2)cc1. The van der Waals surface area contributed by atoms with Gasteiger partial charge >= 0.3 is 0 Å². The van der Waals surface area contributed by atoms with Gasteiger partial charge in [0, 0.05) is 6.07 Å². The first-order chi connectivity index (χ1) is 10.5. The van der Waals surface area contributed by atoms with Crippen LogP contribution in [-0.4, -0.2) is 22.1 Å². The second-order valence-electron chi connectivity index (χ2n) is 4.36. The third-order valence-electron chi connectivity index (χ3n) is 2.85. The Bertz CT molecular complexity index is 745. The molecule has 0 heterocycles. The van der Waals surface area contributed by atoms with E-state index in [1.165, 1.54) is 25.3 Å². The molecular weight excluding hydrogens is 326 g/mol. The van der Waals surface area contributed by atoms with Crippen LogP contribution in [0, 0.1) is 0 Å². The summed E-state index contributed by atoms with van der Waals surface area (Å²) >= 11 is 5.92. The van der Waals surface area contributed by atoms with Crippen molar-refractivity contribution in [3.63, 3.8) is 0 Å². The number of halogens is 1. The van der Waals surface area contributed by atoms with E-state index in [4.69, 9.17) is 21.1 Å². The largest absolute Gasteiger partial charge is 0.495 e. The molecule has 2 aromatic rings. The lowest BCUT2D eigenvalue weighted by atomic mass is 10.3. The molecule has 0 aliphatic heterocycles. The number of ether oxygens (including phenoxy) is 2. The highest BCUT2D eigenvalue weighted by atomic mass is 35.5. The van der Waals surface area contributed by atoms with Crippen molar-refractivity contribution in [2.24, 2.45) is 0 Å². The highest BCUT2D eigenvalue weighted by Gasteiger charge is 2.15. The molecular formula is C15H16ClNO4S. The van der Waals surface area contributed by atoms with Gasteiger partial charge in [0.05, 0.1) is 29.3 Å². The molecule has 0 aromatic heterocycles. The third kappa shape index (κ3) is 3.84. The van der Waals surface area contributed by atoms with Gasteiger partial charge in [-0.2, -0.15) is 0 Å². The molecule has 0 fully saturated rings. The van der Waals surface area contributed by atoms with Crippen LogP contribution in [0.5, 0.6) is 11.5 Å². The fourth-order valence-electron chi connectivity index (χ4n) is 1.82. The predicted octanol–water partition coefficient (Wildman–Crippen LogP) is 3.55. The van der Waals surface area contributed by atoms with Crippen molar-refractivity contribution in [2.45, 2.75) is 11.8 Å². The number of sulfonamides is 1. The van der Waals surface area contributed by atoms with E-state index in [1.807, 2.05) is 6.92 Å². The Hall–Kier alpha value is -1.92. The van der Waals surface area contributed by atoms with Crippen molar-refractivity contribution in [1.29, 1.82) is 0 Å². The van der Waals surface area contributed by atoms with Crippen molar-refractivity contribution in [3.05, 3.63) is 47.5 Å². The van der Waals surface area contributed by atoms with Gasteiger partial charge < -0.3 is 9.47 Å². The Morgan fingerprint density at radius 1 is 1.14 bits per heavy atom. The minimum Gasteiger partial charge on any atom is -0.495 e. The van der Waals surface area contributed by atoms with Crippen LogP contribution in [0.1, 0.15) is 6.92 Å². The van der Waals surface area contributed by atoms with Gasteiger partial charge in [-0.25, -0.2) is 8.42 Å². The summed E-state index contributed by atoms with van der Waals surface area (Å²) in [6, 6.07) is 10.9. The Morgan fingerprint density at radius 3 is 2.41 bits per heavy atom. The van der Waals surface area contributed by atoms with Gasteiger partial charge in [-0.1, -0.05) is 11.6 Å². The number of rotatable bonds is 6. The maximum absolute atomic E-state index is 12.3. The predicted molar refractivity (Wildman–Crippen MR) is 86.4 cm³/mol. The van der Waals surface area contributed by atoms with Crippen molar-refractivity contribution in [1.82, 2.24) is 0 Å². The van der Waals surface area contributed by atoms with E-state index in [0.29, 0.717) is 28.8 Å². The van der Waals surface area contributed by atoms with E-state index in [-0.39, 0.29) is 4.90 Å². The molecule has 0 aliphatic rings. The molecule has 22 heavy (non-hydrogen) atoms. The molecule has 2 aromatic carbocycles. The second-order valence-corrected chi connectivity index (χ2v) is 6.45. The molecule has 0 bridgehead atoms. The van der Waals surface area contributed by atoms with E-state index in [0.717, 1.165) is 0 Å². The molecule has 0 unspecified atom stereocenters. The first kappa shape index (κ1) is 16.5. The van der Waals surface area contributed by atoms with E-state index >= 15 is 0 Å². The Morgan fingerprint density at radius 2 is 1.82 bits per heavy atom. The highest BCUT2D eigenvalue weighted by Crippen LogP contribution is 2.28.